The Kier molecular flexibility index (Phi) is 13.6. The second-order valence-corrected chi connectivity index (χ2v) is 5.74. The SMILES string of the molecule is CCN(CCNC)c1ccc(C=O)c(CNC(C)CCN=O)c1.NC=O. The molecule has 0 radical (unpaired) electrons. The van der Waals surface area contributed by atoms with Crippen molar-refractivity contribution in [1.29, 1.82) is 0 Å². The number of aldehydes is 1. The first-order chi connectivity index (χ1) is 12.6. The van der Waals surface area contributed by atoms with Gasteiger partial charge >= 0.3 is 0 Å². The standard InChI is InChI=1S/C17H28N4O2.CH3NO/c1-4-21(10-9-18-3)17-6-5-15(13-22)16(11-17)12-19-14(2)7-8-20-23;2-1-3/h5-6,11,13-14,18-19H,4,7-10,12H2,1-3H3;1H,(H2,2,3). The fourth-order valence-electron chi connectivity index (χ4n) is 2.41. The zero-order valence-corrected chi connectivity index (χ0v) is 15.9. The van der Waals surface area contributed by atoms with Crippen LogP contribution in [0.25, 0.3) is 0 Å². The molecule has 0 aromatic heterocycles. The van der Waals surface area contributed by atoms with Crippen LogP contribution in [0, 0.1) is 4.91 Å². The summed E-state index contributed by atoms with van der Waals surface area (Å²) in [4.78, 5) is 32.3. The lowest BCUT2D eigenvalue weighted by atomic mass is 10.1. The summed E-state index contributed by atoms with van der Waals surface area (Å²) in [5.74, 6) is 0. The van der Waals surface area contributed by atoms with Gasteiger partial charge < -0.3 is 21.3 Å². The number of nitrogens with zero attached hydrogens (tertiary/aromatic N) is 2. The highest BCUT2D eigenvalue weighted by atomic mass is 16.3. The molecule has 8 heteroatoms. The van der Waals surface area contributed by atoms with Crippen molar-refractivity contribution in [1.82, 2.24) is 10.6 Å². The quantitative estimate of drug-likeness (QED) is 0.379. The summed E-state index contributed by atoms with van der Waals surface area (Å²) in [6.45, 7) is 7.79. The Hall–Kier alpha value is -2.32. The van der Waals surface area contributed by atoms with E-state index in [1.807, 2.05) is 26.1 Å². The second-order valence-electron chi connectivity index (χ2n) is 5.74. The fraction of sp³-hybridized carbons (Fsp3) is 0.556. The van der Waals surface area contributed by atoms with Gasteiger partial charge in [0.25, 0.3) is 0 Å². The number of benzene rings is 1. The molecule has 0 aliphatic rings. The average molecular weight is 365 g/mol. The maximum absolute atomic E-state index is 11.3. The highest BCUT2D eigenvalue weighted by Crippen LogP contribution is 2.19. The number of carbonyl (C=O) groups is 2. The number of hydrogen-bond acceptors (Lipinski definition) is 7. The van der Waals surface area contributed by atoms with E-state index in [4.69, 9.17) is 4.79 Å². The Morgan fingerprint density at radius 3 is 2.58 bits per heavy atom. The molecular formula is C18H31N5O3. The van der Waals surface area contributed by atoms with Crippen molar-refractivity contribution in [2.24, 2.45) is 10.9 Å². The zero-order chi connectivity index (χ0) is 19.8. The molecule has 0 spiro atoms. The molecule has 8 nitrogen and oxygen atoms in total. The van der Waals surface area contributed by atoms with Crippen molar-refractivity contribution in [2.45, 2.75) is 32.9 Å². The van der Waals surface area contributed by atoms with Gasteiger partial charge in [-0.05, 0) is 51.1 Å². The summed E-state index contributed by atoms with van der Waals surface area (Å²) in [5, 5.41) is 9.38. The Morgan fingerprint density at radius 1 is 1.35 bits per heavy atom. The van der Waals surface area contributed by atoms with E-state index in [0.29, 0.717) is 25.1 Å². The molecule has 0 bridgehead atoms. The number of likely N-dealkylation sites (N-methyl/N-ethyl adjacent to an activating group) is 2. The lowest BCUT2D eigenvalue weighted by molar-refractivity contribution is -0.106. The van der Waals surface area contributed by atoms with E-state index in [2.05, 4.69) is 39.4 Å². The summed E-state index contributed by atoms with van der Waals surface area (Å²) < 4.78 is 0. The number of hydrogen-bond donors (Lipinski definition) is 3. The first kappa shape index (κ1) is 23.7. The van der Waals surface area contributed by atoms with Gasteiger partial charge in [0.2, 0.25) is 6.41 Å². The molecule has 0 aliphatic heterocycles. The summed E-state index contributed by atoms with van der Waals surface area (Å²) in [7, 11) is 1.94. The highest BCUT2D eigenvalue weighted by Gasteiger charge is 2.09. The third kappa shape index (κ3) is 9.24. The number of amides is 1. The minimum absolute atomic E-state index is 0.183. The molecule has 1 aromatic rings. The molecule has 146 valence electrons. The Morgan fingerprint density at radius 2 is 2.04 bits per heavy atom. The Labute approximate surface area is 155 Å². The molecule has 0 heterocycles. The molecule has 1 unspecified atom stereocenters. The Bertz CT molecular complexity index is 540. The van der Waals surface area contributed by atoms with Crippen LogP contribution < -0.4 is 21.3 Å². The number of anilines is 1. The van der Waals surface area contributed by atoms with Crippen molar-refractivity contribution in [3.05, 3.63) is 34.2 Å². The van der Waals surface area contributed by atoms with Gasteiger partial charge in [0, 0.05) is 43.5 Å². The van der Waals surface area contributed by atoms with E-state index in [-0.39, 0.29) is 12.5 Å². The van der Waals surface area contributed by atoms with Crippen LogP contribution in [0.1, 0.15) is 36.2 Å². The monoisotopic (exact) mass is 365 g/mol. The minimum Gasteiger partial charge on any atom is -0.372 e. The lowest BCUT2D eigenvalue weighted by Gasteiger charge is -2.24. The predicted octanol–water partition coefficient (Wildman–Crippen LogP) is 1.28. The number of nitroso groups, excluding NO2 is 1. The third-order valence-electron chi connectivity index (χ3n) is 3.93. The van der Waals surface area contributed by atoms with Crippen molar-refractivity contribution in [3.8, 4) is 0 Å². The van der Waals surface area contributed by atoms with Gasteiger partial charge in [-0.15, -0.1) is 0 Å². The smallest absolute Gasteiger partial charge is 0.204 e. The molecule has 0 saturated carbocycles. The van der Waals surface area contributed by atoms with Gasteiger partial charge in [-0.25, -0.2) is 0 Å². The highest BCUT2D eigenvalue weighted by molar-refractivity contribution is 5.78. The number of nitrogens with two attached hydrogens (primary N) is 1. The van der Waals surface area contributed by atoms with Crippen molar-refractivity contribution >= 4 is 18.4 Å². The molecule has 0 aliphatic carbocycles. The molecule has 26 heavy (non-hydrogen) atoms. The summed E-state index contributed by atoms with van der Waals surface area (Å²) in [6.07, 6.45) is 1.84. The lowest BCUT2D eigenvalue weighted by Crippen LogP contribution is -2.31. The van der Waals surface area contributed by atoms with E-state index in [1.54, 1.807) is 0 Å². The van der Waals surface area contributed by atoms with Crippen molar-refractivity contribution in [2.75, 3.05) is 38.1 Å². The number of rotatable bonds is 12. The van der Waals surface area contributed by atoms with E-state index < -0.39 is 0 Å². The molecular weight excluding hydrogens is 334 g/mol. The topological polar surface area (TPSA) is 117 Å². The van der Waals surface area contributed by atoms with Crippen LogP contribution in [0.3, 0.4) is 0 Å². The normalized spacial score (nSPS) is 11.0. The fourth-order valence-corrected chi connectivity index (χ4v) is 2.41. The van der Waals surface area contributed by atoms with Crippen LogP contribution in [0.2, 0.25) is 0 Å². The van der Waals surface area contributed by atoms with Crippen LogP contribution in [-0.4, -0.2) is 52.0 Å². The van der Waals surface area contributed by atoms with Crippen LogP contribution in [0.5, 0.6) is 0 Å². The van der Waals surface area contributed by atoms with Gasteiger partial charge in [0.15, 0.2) is 0 Å². The van der Waals surface area contributed by atoms with Crippen LogP contribution in [0.4, 0.5) is 5.69 Å². The van der Waals surface area contributed by atoms with E-state index in [1.165, 1.54) is 0 Å². The second kappa shape index (κ2) is 15.0. The maximum Gasteiger partial charge on any atom is 0.204 e. The van der Waals surface area contributed by atoms with Gasteiger partial charge in [0.1, 0.15) is 6.29 Å². The first-order valence-corrected chi connectivity index (χ1v) is 8.73. The van der Waals surface area contributed by atoms with Crippen molar-refractivity contribution in [3.63, 3.8) is 0 Å². The van der Waals surface area contributed by atoms with E-state index in [9.17, 15) is 9.70 Å². The largest absolute Gasteiger partial charge is 0.372 e. The molecule has 1 amide bonds. The van der Waals surface area contributed by atoms with Gasteiger partial charge in [-0.3, -0.25) is 9.59 Å². The number of nitrogens with one attached hydrogen (secondary N) is 2. The molecule has 1 atom stereocenters. The summed E-state index contributed by atoms with van der Waals surface area (Å²) in [6, 6.07) is 6.12. The molecule has 4 N–H and O–H groups in total. The maximum atomic E-state index is 11.3. The van der Waals surface area contributed by atoms with Gasteiger partial charge in [-0.1, -0.05) is 5.18 Å². The molecule has 0 fully saturated rings. The summed E-state index contributed by atoms with van der Waals surface area (Å²) >= 11 is 0. The zero-order valence-electron chi connectivity index (χ0n) is 15.9. The number of carbonyl (C=O) groups excluding carboxylic acids is 2. The van der Waals surface area contributed by atoms with Gasteiger partial charge in [0.05, 0.1) is 6.54 Å². The molecule has 0 saturated heterocycles. The number of primary amides is 1. The average Bonchev–Trinajstić information content (AvgIpc) is 2.66. The van der Waals surface area contributed by atoms with E-state index >= 15 is 0 Å². The van der Waals surface area contributed by atoms with Crippen molar-refractivity contribution < 1.29 is 9.59 Å². The molecule has 1 aromatic carbocycles. The Balaban J connectivity index is 0.00000194. The third-order valence-corrected chi connectivity index (χ3v) is 3.93. The summed E-state index contributed by atoms with van der Waals surface area (Å²) in [5.41, 5.74) is 6.96. The van der Waals surface area contributed by atoms with Crippen LogP contribution >= 0.6 is 0 Å². The van der Waals surface area contributed by atoms with E-state index in [0.717, 1.165) is 37.2 Å². The van der Waals surface area contributed by atoms with Crippen LogP contribution in [0.15, 0.2) is 23.4 Å². The minimum atomic E-state index is 0.183. The first-order valence-electron chi connectivity index (χ1n) is 8.73. The van der Waals surface area contributed by atoms with Crippen LogP contribution in [-0.2, 0) is 11.3 Å². The van der Waals surface area contributed by atoms with Gasteiger partial charge in [-0.2, -0.15) is 4.91 Å². The molecule has 1 rings (SSSR count). The predicted molar refractivity (Wildman–Crippen MR) is 105 cm³/mol.